The maximum Gasteiger partial charge on any atom is 0.339 e. The van der Waals surface area contributed by atoms with Crippen molar-refractivity contribution in [2.24, 2.45) is 0 Å². The van der Waals surface area contributed by atoms with Gasteiger partial charge in [-0.25, -0.2) is 4.79 Å². The van der Waals surface area contributed by atoms with E-state index in [1.165, 1.54) is 12.8 Å². The van der Waals surface area contributed by atoms with Crippen LogP contribution in [-0.2, 0) is 9.53 Å². The van der Waals surface area contributed by atoms with Crippen LogP contribution in [0.2, 0.25) is 5.02 Å². The first-order valence-electron chi connectivity index (χ1n) is 5.77. The Kier molecular flexibility index (Phi) is 3.69. The van der Waals surface area contributed by atoms with Crippen LogP contribution in [0.15, 0.2) is 18.2 Å². The van der Waals surface area contributed by atoms with Crippen LogP contribution < -0.4 is 0 Å². The summed E-state index contributed by atoms with van der Waals surface area (Å²) in [5, 5.41) is 10.4. The van der Waals surface area contributed by atoms with Gasteiger partial charge in [-0.2, -0.15) is 0 Å². The Labute approximate surface area is 105 Å². The van der Waals surface area contributed by atoms with Crippen molar-refractivity contribution in [3.8, 4) is 0 Å². The highest BCUT2D eigenvalue weighted by Crippen LogP contribution is 2.43. The van der Waals surface area contributed by atoms with Gasteiger partial charge in [0.15, 0.2) is 6.10 Å². The monoisotopic (exact) mass is 254 g/mol. The van der Waals surface area contributed by atoms with E-state index in [0.29, 0.717) is 16.5 Å². The van der Waals surface area contributed by atoms with E-state index in [2.05, 4.69) is 0 Å². The van der Waals surface area contributed by atoms with Gasteiger partial charge in [0.05, 0.1) is 6.61 Å². The van der Waals surface area contributed by atoms with E-state index in [9.17, 15) is 9.90 Å². The molecule has 1 unspecified atom stereocenters. The first-order chi connectivity index (χ1) is 8.13. The molecule has 1 aromatic carbocycles. The van der Waals surface area contributed by atoms with E-state index in [-0.39, 0.29) is 6.61 Å². The molecule has 0 bridgehead atoms. The highest BCUT2D eigenvalue weighted by atomic mass is 35.5. The number of rotatable bonds is 4. The number of ether oxygens (including phenoxy) is 1. The van der Waals surface area contributed by atoms with E-state index in [1.54, 1.807) is 19.1 Å². The van der Waals surface area contributed by atoms with Gasteiger partial charge in [0.2, 0.25) is 0 Å². The number of benzene rings is 1. The first kappa shape index (κ1) is 12.4. The van der Waals surface area contributed by atoms with Crippen molar-refractivity contribution in [2.75, 3.05) is 6.61 Å². The molecule has 0 radical (unpaired) electrons. The van der Waals surface area contributed by atoms with Crippen LogP contribution >= 0.6 is 11.6 Å². The third-order valence-electron chi connectivity index (χ3n) is 2.87. The van der Waals surface area contributed by atoms with Gasteiger partial charge >= 0.3 is 5.97 Å². The van der Waals surface area contributed by atoms with E-state index < -0.39 is 12.1 Å². The lowest BCUT2D eigenvalue weighted by atomic mass is 10.0. The largest absolute Gasteiger partial charge is 0.464 e. The van der Waals surface area contributed by atoms with Gasteiger partial charge in [0.1, 0.15) is 0 Å². The van der Waals surface area contributed by atoms with Crippen molar-refractivity contribution in [1.82, 2.24) is 0 Å². The molecule has 1 N–H and O–H groups in total. The van der Waals surface area contributed by atoms with Crippen molar-refractivity contribution in [2.45, 2.75) is 31.8 Å². The summed E-state index contributed by atoms with van der Waals surface area (Å²) >= 11 is 6.13. The molecule has 0 aromatic heterocycles. The maximum atomic E-state index is 11.4. The summed E-state index contributed by atoms with van der Waals surface area (Å²) in [5.74, 6) is -0.0842. The van der Waals surface area contributed by atoms with Crippen LogP contribution in [0.5, 0.6) is 0 Å². The maximum absolute atomic E-state index is 11.4. The fraction of sp³-hybridized carbons (Fsp3) is 0.462. The first-order valence-corrected chi connectivity index (χ1v) is 6.15. The summed E-state index contributed by atoms with van der Waals surface area (Å²) in [6.45, 7) is 1.96. The van der Waals surface area contributed by atoms with Crippen LogP contribution in [0.25, 0.3) is 0 Å². The summed E-state index contributed by atoms with van der Waals surface area (Å²) in [4.78, 5) is 11.4. The van der Waals surface area contributed by atoms with Crippen LogP contribution in [0.4, 0.5) is 0 Å². The summed E-state index contributed by atoms with van der Waals surface area (Å²) in [6.07, 6.45) is 1.08. The molecule has 0 heterocycles. The molecule has 0 aliphatic heterocycles. The number of halogens is 1. The minimum Gasteiger partial charge on any atom is -0.464 e. The summed E-state index contributed by atoms with van der Waals surface area (Å²) in [7, 11) is 0. The third kappa shape index (κ3) is 2.79. The number of carbonyl (C=O) groups is 1. The minimum atomic E-state index is -1.25. The number of esters is 1. The minimum absolute atomic E-state index is 0.254. The van der Waals surface area contributed by atoms with E-state index in [0.717, 1.165) is 5.56 Å². The molecule has 92 valence electrons. The topological polar surface area (TPSA) is 46.5 Å². The van der Waals surface area contributed by atoms with Crippen LogP contribution in [0.1, 0.15) is 42.9 Å². The standard InChI is InChI=1S/C13H15ClO3/c1-2-17-13(16)12(15)9-5-6-10(8-3-4-8)11(14)7-9/h5-8,12,15H,2-4H2,1H3. The van der Waals surface area contributed by atoms with Crippen molar-refractivity contribution in [3.05, 3.63) is 34.3 Å². The Morgan fingerprint density at radius 2 is 2.29 bits per heavy atom. The Balaban J connectivity index is 2.16. The Hall–Kier alpha value is -1.06. The average Bonchev–Trinajstić information content (AvgIpc) is 3.12. The van der Waals surface area contributed by atoms with Gasteiger partial charge in [-0.05, 0) is 42.9 Å². The molecule has 1 atom stereocenters. The van der Waals surface area contributed by atoms with Gasteiger partial charge in [-0.3, -0.25) is 0 Å². The predicted octanol–water partition coefficient (Wildman–Crippen LogP) is 2.81. The van der Waals surface area contributed by atoms with E-state index >= 15 is 0 Å². The summed E-state index contributed by atoms with van der Waals surface area (Å²) in [6, 6.07) is 5.27. The zero-order valence-electron chi connectivity index (χ0n) is 9.65. The lowest BCUT2D eigenvalue weighted by Gasteiger charge is -2.11. The van der Waals surface area contributed by atoms with Gasteiger partial charge in [0, 0.05) is 5.02 Å². The SMILES string of the molecule is CCOC(=O)C(O)c1ccc(C2CC2)c(Cl)c1. The molecule has 0 spiro atoms. The number of carbonyl (C=O) groups excluding carboxylic acids is 1. The van der Waals surface area contributed by atoms with Gasteiger partial charge in [-0.1, -0.05) is 23.7 Å². The molecule has 1 aromatic rings. The highest BCUT2D eigenvalue weighted by Gasteiger charge is 2.27. The smallest absolute Gasteiger partial charge is 0.339 e. The fourth-order valence-corrected chi connectivity index (χ4v) is 2.14. The molecule has 2 rings (SSSR count). The van der Waals surface area contributed by atoms with Crippen LogP contribution in [0.3, 0.4) is 0 Å². The Morgan fingerprint density at radius 1 is 1.59 bits per heavy atom. The lowest BCUT2D eigenvalue weighted by Crippen LogP contribution is -2.15. The molecule has 1 aliphatic carbocycles. The van der Waals surface area contributed by atoms with E-state index in [4.69, 9.17) is 16.3 Å². The van der Waals surface area contributed by atoms with Crippen LogP contribution in [-0.4, -0.2) is 17.7 Å². The van der Waals surface area contributed by atoms with Gasteiger partial charge in [-0.15, -0.1) is 0 Å². The van der Waals surface area contributed by atoms with Crippen LogP contribution in [0, 0.1) is 0 Å². The van der Waals surface area contributed by atoms with E-state index in [1.807, 2.05) is 6.07 Å². The fourth-order valence-electron chi connectivity index (χ4n) is 1.80. The quantitative estimate of drug-likeness (QED) is 0.841. The van der Waals surface area contributed by atoms with Crippen molar-refractivity contribution < 1.29 is 14.6 Å². The third-order valence-corrected chi connectivity index (χ3v) is 3.19. The molecule has 0 amide bonds. The van der Waals surface area contributed by atoms with Crippen molar-refractivity contribution in [3.63, 3.8) is 0 Å². The summed E-state index contributed by atoms with van der Waals surface area (Å²) in [5.41, 5.74) is 1.59. The predicted molar refractivity (Wildman–Crippen MR) is 65.0 cm³/mol. The molecule has 4 heteroatoms. The number of aliphatic hydroxyl groups excluding tert-OH is 1. The molecular formula is C13H15ClO3. The molecule has 1 aliphatic rings. The summed E-state index contributed by atoms with van der Waals surface area (Å²) < 4.78 is 4.76. The normalized spacial score (nSPS) is 16.6. The lowest BCUT2D eigenvalue weighted by molar-refractivity contribution is -0.153. The zero-order valence-corrected chi connectivity index (χ0v) is 10.4. The van der Waals surface area contributed by atoms with Crippen molar-refractivity contribution in [1.29, 1.82) is 0 Å². The molecule has 0 saturated heterocycles. The second-order valence-corrected chi connectivity index (χ2v) is 4.62. The number of hydrogen-bond donors (Lipinski definition) is 1. The second kappa shape index (κ2) is 5.07. The van der Waals surface area contributed by atoms with Gasteiger partial charge < -0.3 is 9.84 Å². The highest BCUT2D eigenvalue weighted by molar-refractivity contribution is 6.31. The number of hydrogen-bond acceptors (Lipinski definition) is 3. The van der Waals surface area contributed by atoms with Crippen molar-refractivity contribution >= 4 is 17.6 Å². The Bertz CT molecular complexity index is 427. The molecular weight excluding hydrogens is 240 g/mol. The number of aliphatic hydroxyl groups is 1. The molecule has 1 fully saturated rings. The second-order valence-electron chi connectivity index (χ2n) is 4.21. The zero-order chi connectivity index (χ0) is 12.4. The average molecular weight is 255 g/mol. The molecule has 3 nitrogen and oxygen atoms in total. The van der Waals surface area contributed by atoms with Gasteiger partial charge in [0.25, 0.3) is 0 Å². The molecule has 17 heavy (non-hydrogen) atoms. The molecule has 1 saturated carbocycles. The Morgan fingerprint density at radius 3 is 2.82 bits per heavy atom.